The fourth-order valence-corrected chi connectivity index (χ4v) is 3.39. The molecule has 31 heavy (non-hydrogen) atoms. The summed E-state index contributed by atoms with van der Waals surface area (Å²) in [6.07, 6.45) is 2.37. The Morgan fingerprint density at radius 3 is 2.81 bits per heavy atom. The molecule has 0 unspecified atom stereocenters. The van der Waals surface area contributed by atoms with E-state index in [2.05, 4.69) is 16.4 Å². The predicted octanol–water partition coefficient (Wildman–Crippen LogP) is 3.54. The van der Waals surface area contributed by atoms with Crippen molar-refractivity contribution in [1.82, 2.24) is 10.3 Å². The highest BCUT2D eigenvalue weighted by molar-refractivity contribution is 5.91. The lowest BCUT2D eigenvalue weighted by Crippen LogP contribution is -2.38. The van der Waals surface area contributed by atoms with Gasteiger partial charge in [-0.1, -0.05) is 30.3 Å². The maximum Gasteiger partial charge on any atom is 0.287 e. The number of ether oxygens (including phenoxy) is 1. The highest BCUT2D eigenvalue weighted by Gasteiger charge is 2.18. The van der Waals surface area contributed by atoms with E-state index in [1.165, 1.54) is 0 Å². The minimum atomic E-state index is -0.459. The fraction of sp³-hybridized carbons (Fsp3) is 0.167. The molecular weight excluding hydrogens is 394 g/mol. The lowest BCUT2D eigenvalue weighted by molar-refractivity contribution is 0.0884. The van der Waals surface area contributed by atoms with E-state index >= 15 is 0 Å². The smallest absolute Gasteiger partial charge is 0.287 e. The Morgan fingerprint density at radius 2 is 1.97 bits per heavy atom. The number of hydrogen-bond donors (Lipinski definition) is 3. The van der Waals surface area contributed by atoms with Crippen LogP contribution in [0.2, 0.25) is 0 Å². The first-order valence-corrected chi connectivity index (χ1v) is 9.85. The molecule has 7 nitrogen and oxygen atoms in total. The summed E-state index contributed by atoms with van der Waals surface area (Å²) in [5, 5.41) is 22.7. The summed E-state index contributed by atoms with van der Waals surface area (Å²) < 4.78 is 11.2. The number of carbonyl (C=O) groups excluding carboxylic acids is 1. The Morgan fingerprint density at radius 1 is 1.16 bits per heavy atom. The van der Waals surface area contributed by atoms with E-state index in [-0.39, 0.29) is 19.0 Å². The summed E-state index contributed by atoms with van der Waals surface area (Å²) >= 11 is 0. The van der Waals surface area contributed by atoms with Crippen molar-refractivity contribution in [3.05, 3.63) is 89.5 Å². The van der Waals surface area contributed by atoms with Gasteiger partial charge in [-0.15, -0.1) is 0 Å². The van der Waals surface area contributed by atoms with Crippen molar-refractivity contribution in [1.29, 1.82) is 5.26 Å². The Kier molecular flexibility index (Phi) is 6.01. The Hall–Kier alpha value is -4.02. The van der Waals surface area contributed by atoms with Crippen LogP contribution in [0.25, 0.3) is 10.9 Å². The molecule has 0 radical (unpaired) electrons. The number of H-pyrrole nitrogens is 1. The lowest BCUT2D eigenvalue weighted by atomic mass is 10.1. The van der Waals surface area contributed by atoms with Crippen molar-refractivity contribution in [2.45, 2.75) is 19.1 Å². The molecule has 2 heterocycles. The van der Waals surface area contributed by atoms with Crippen LogP contribution >= 0.6 is 0 Å². The van der Waals surface area contributed by atoms with Crippen molar-refractivity contribution in [3.63, 3.8) is 0 Å². The minimum Gasteiger partial charge on any atom is -0.484 e. The van der Waals surface area contributed by atoms with E-state index in [1.807, 2.05) is 30.5 Å². The first-order valence-electron chi connectivity index (χ1n) is 9.85. The van der Waals surface area contributed by atoms with Crippen molar-refractivity contribution in [2.24, 2.45) is 0 Å². The third-order valence-electron chi connectivity index (χ3n) is 4.96. The lowest BCUT2D eigenvalue weighted by Gasteiger charge is -2.15. The van der Waals surface area contributed by atoms with Crippen LogP contribution in [0.1, 0.15) is 27.4 Å². The third-order valence-corrected chi connectivity index (χ3v) is 4.96. The van der Waals surface area contributed by atoms with Gasteiger partial charge < -0.3 is 24.6 Å². The summed E-state index contributed by atoms with van der Waals surface area (Å²) in [5.74, 6) is 0.619. The predicted molar refractivity (Wildman–Crippen MR) is 115 cm³/mol. The number of carbonyl (C=O) groups is 1. The average molecular weight is 415 g/mol. The number of fused-ring (bicyclic) bond motifs is 1. The number of aromatic amines is 1. The van der Waals surface area contributed by atoms with Crippen LogP contribution in [0, 0.1) is 11.3 Å². The van der Waals surface area contributed by atoms with Gasteiger partial charge in [0, 0.05) is 17.1 Å². The van der Waals surface area contributed by atoms with E-state index < -0.39 is 11.9 Å². The summed E-state index contributed by atoms with van der Waals surface area (Å²) in [7, 11) is 0. The summed E-state index contributed by atoms with van der Waals surface area (Å²) in [6.45, 7) is -0.113. The molecule has 0 fully saturated rings. The Labute approximate surface area is 178 Å². The van der Waals surface area contributed by atoms with Gasteiger partial charge in [-0.25, -0.2) is 0 Å². The fourth-order valence-electron chi connectivity index (χ4n) is 3.39. The van der Waals surface area contributed by atoms with Gasteiger partial charge in [0.25, 0.3) is 5.91 Å². The number of nitrogens with zero attached hydrogens (tertiary/aromatic N) is 1. The number of nitrogens with one attached hydrogen (secondary N) is 2. The molecule has 0 aliphatic rings. The Bertz CT molecular complexity index is 1230. The molecule has 156 valence electrons. The molecule has 0 aliphatic heterocycles. The van der Waals surface area contributed by atoms with Crippen LogP contribution in [-0.2, 0) is 13.0 Å². The zero-order valence-electron chi connectivity index (χ0n) is 16.7. The van der Waals surface area contributed by atoms with Gasteiger partial charge in [-0.2, -0.15) is 5.26 Å². The zero-order chi connectivity index (χ0) is 21.6. The van der Waals surface area contributed by atoms with Crippen LogP contribution in [0.15, 0.2) is 71.3 Å². The topological polar surface area (TPSA) is 111 Å². The standard InChI is InChI=1S/C24H21N3O4/c25-12-16-5-1-4-8-22(16)30-15-19-9-10-23(31-19)24(29)27-18(14-28)11-17-13-26-21-7-3-2-6-20(17)21/h1-10,13,18,26,28H,11,14-15H2,(H,27,29)/t18-/m0/s1. The van der Waals surface area contributed by atoms with E-state index in [0.717, 1.165) is 16.5 Å². The number of aromatic nitrogens is 1. The molecule has 0 aliphatic carbocycles. The van der Waals surface area contributed by atoms with Crippen LogP contribution in [0.5, 0.6) is 5.75 Å². The van der Waals surface area contributed by atoms with Crippen molar-refractivity contribution >= 4 is 16.8 Å². The molecular formula is C24H21N3O4. The quantitative estimate of drug-likeness (QED) is 0.408. The summed E-state index contributed by atoms with van der Waals surface area (Å²) in [4.78, 5) is 15.8. The summed E-state index contributed by atoms with van der Waals surface area (Å²) in [6, 6.07) is 19.6. The number of benzene rings is 2. The van der Waals surface area contributed by atoms with Gasteiger partial charge >= 0.3 is 0 Å². The second-order valence-corrected chi connectivity index (χ2v) is 7.08. The first-order chi connectivity index (χ1) is 15.2. The maximum absolute atomic E-state index is 12.6. The number of para-hydroxylation sites is 2. The van der Waals surface area contributed by atoms with Crippen molar-refractivity contribution in [2.75, 3.05) is 6.61 Å². The number of aliphatic hydroxyl groups is 1. The molecule has 4 aromatic rings. The molecule has 2 aromatic heterocycles. The van der Waals surface area contributed by atoms with Gasteiger partial charge in [-0.05, 0) is 42.3 Å². The molecule has 0 bridgehead atoms. The van der Waals surface area contributed by atoms with Gasteiger partial charge in [0.05, 0.1) is 18.2 Å². The van der Waals surface area contributed by atoms with Gasteiger partial charge in [-0.3, -0.25) is 4.79 Å². The summed E-state index contributed by atoms with van der Waals surface area (Å²) in [5.41, 5.74) is 2.45. The highest BCUT2D eigenvalue weighted by Crippen LogP contribution is 2.20. The number of nitriles is 1. The maximum atomic E-state index is 12.6. The molecule has 1 atom stereocenters. The first kappa shape index (κ1) is 20.3. The SMILES string of the molecule is N#Cc1ccccc1OCc1ccc(C(=O)N[C@H](CO)Cc2c[nH]c3ccccc23)o1. The van der Waals surface area contributed by atoms with Gasteiger partial charge in [0.15, 0.2) is 5.76 Å². The minimum absolute atomic E-state index is 0.0880. The van der Waals surface area contributed by atoms with E-state index in [9.17, 15) is 9.90 Å². The molecule has 1 amide bonds. The molecule has 2 aromatic carbocycles. The number of amides is 1. The van der Waals surface area contributed by atoms with E-state index in [1.54, 1.807) is 36.4 Å². The highest BCUT2D eigenvalue weighted by atomic mass is 16.5. The molecule has 7 heteroatoms. The normalized spacial score (nSPS) is 11.7. The molecule has 4 rings (SSSR count). The second kappa shape index (κ2) is 9.20. The van der Waals surface area contributed by atoms with Gasteiger partial charge in [0.2, 0.25) is 0 Å². The number of aliphatic hydroxyl groups excluding tert-OH is 1. The largest absolute Gasteiger partial charge is 0.484 e. The molecule has 3 N–H and O–H groups in total. The number of rotatable bonds is 8. The van der Waals surface area contributed by atoms with Gasteiger partial charge in [0.1, 0.15) is 24.2 Å². The monoisotopic (exact) mass is 415 g/mol. The number of furan rings is 1. The van der Waals surface area contributed by atoms with Crippen LogP contribution in [0.4, 0.5) is 0 Å². The van der Waals surface area contributed by atoms with Crippen LogP contribution in [0.3, 0.4) is 0 Å². The average Bonchev–Trinajstić information content (AvgIpc) is 3.45. The molecule has 0 saturated heterocycles. The zero-order valence-corrected chi connectivity index (χ0v) is 16.7. The van der Waals surface area contributed by atoms with Crippen LogP contribution in [-0.4, -0.2) is 28.6 Å². The third kappa shape index (κ3) is 4.60. The Balaban J connectivity index is 1.38. The van der Waals surface area contributed by atoms with E-state index in [4.69, 9.17) is 14.4 Å². The van der Waals surface area contributed by atoms with Crippen LogP contribution < -0.4 is 10.1 Å². The van der Waals surface area contributed by atoms with Crippen molar-refractivity contribution < 1.29 is 19.1 Å². The molecule has 0 spiro atoms. The van der Waals surface area contributed by atoms with Crippen molar-refractivity contribution in [3.8, 4) is 11.8 Å². The molecule has 0 saturated carbocycles. The van der Waals surface area contributed by atoms with E-state index in [0.29, 0.717) is 23.5 Å². The second-order valence-electron chi connectivity index (χ2n) is 7.08. The number of hydrogen-bond acceptors (Lipinski definition) is 5.